The van der Waals surface area contributed by atoms with E-state index in [4.69, 9.17) is 4.74 Å². The summed E-state index contributed by atoms with van der Waals surface area (Å²) in [6.45, 7) is 7.46. The number of likely N-dealkylation sites (N-methyl/N-ethyl adjacent to an activating group) is 1. The molecule has 0 aliphatic carbocycles. The summed E-state index contributed by atoms with van der Waals surface area (Å²) in [6, 6.07) is 19.6. The average Bonchev–Trinajstić information content (AvgIpc) is 2.76. The van der Waals surface area contributed by atoms with Crippen molar-refractivity contribution in [3.63, 3.8) is 0 Å². The smallest absolute Gasteiger partial charge is 0.135 e. The molecule has 1 aliphatic heterocycles. The first-order valence-electron chi connectivity index (χ1n) is 9.69. The number of hydrogen-bond acceptors (Lipinski definition) is 6. The zero-order valence-corrected chi connectivity index (χ0v) is 16.1. The molecule has 1 fully saturated rings. The molecular formula is C22H25N5O. The molecule has 1 aromatic heterocycles. The Labute approximate surface area is 165 Å². The van der Waals surface area contributed by atoms with E-state index >= 15 is 0 Å². The third-order valence-corrected chi connectivity index (χ3v) is 4.90. The normalized spacial score (nSPS) is 14.7. The summed E-state index contributed by atoms with van der Waals surface area (Å²) < 4.78 is 5.84. The van der Waals surface area contributed by atoms with Gasteiger partial charge in [0, 0.05) is 37.9 Å². The third kappa shape index (κ3) is 4.58. The molecule has 0 unspecified atom stereocenters. The Bertz CT molecular complexity index is 877. The van der Waals surface area contributed by atoms with Crippen LogP contribution in [0.3, 0.4) is 0 Å². The van der Waals surface area contributed by atoms with Crippen molar-refractivity contribution >= 4 is 17.3 Å². The molecule has 3 aromatic rings. The number of anilines is 3. The highest BCUT2D eigenvalue weighted by Gasteiger charge is 2.17. The van der Waals surface area contributed by atoms with Crippen molar-refractivity contribution in [3.8, 4) is 11.5 Å². The van der Waals surface area contributed by atoms with Crippen LogP contribution in [-0.2, 0) is 0 Å². The van der Waals surface area contributed by atoms with Crippen LogP contribution in [0.5, 0.6) is 11.5 Å². The molecule has 4 rings (SSSR count). The van der Waals surface area contributed by atoms with Crippen LogP contribution in [0.25, 0.3) is 0 Å². The highest BCUT2D eigenvalue weighted by Crippen LogP contribution is 2.24. The molecule has 0 radical (unpaired) electrons. The first kappa shape index (κ1) is 18.3. The molecular weight excluding hydrogens is 350 g/mol. The highest BCUT2D eigenvalue weighted by atomic mass is 16.5. The molecule has 0 bridgehead atoms. The Hall–Kier alpha value is -3.12. The van der Waals surface area contributed by atoms with Gasteiger partial charge in [0.2, 0.25) is 0 Å². The number of nitrogens with zero attached hydrogens (tertiary/aromatic N) is 4. The minimum Gasteiger partial charge on any atom is -0.457 e. The number of hydrogen-bond donors (Lipinski definition) is 1. The van der Waals surface area contributed by atoms with E-state index in [9.17, 15) is 0 Å². The summed E-state index contributed by atoms with van der Waals surface area (Å²) in [5.41, 5.74) is 0.959. The molecule has 28 heavy (non-hydrogen) atoms. The van der Waals surface area contributed by atoms with Crippen molar-refractivity contribution in [1.29, 1.82) is 0 Å². The van der Waals surface area contributed by atoms with E-state index < -0.39 is 0 Å². The van der Waals surface area contributed by atoms with Crippen molar-refractivity contribution in [1.82, 2.24) is 14.9 Å². The fourth-order valence-electron chi connectivity index (χ4n) is 3.26. The van der Waals surface area contributed by atoms with Gasteiger partial charge in [0.15, 0.2) is 0 Å². The molecule has 0 amide bonds. The number of rotatable bonds is 6. The van der Waals surface area contributed by atoms with Gasteiger partial charge in [-0.2, -0.15) is 0 Å². The van der Waals surface area contributed by atoms with E-state index in [1.165, 1.54) is 0 Å². The highest BCUT2D eigenvalue weighted by molar-refractivity contribution is 5.60. The Balaban J connectivity index is 1.39. The van der Waals surface area contributed by atoms with Crippen molar-refractivity contribution in [2.75, 3.05) is 42.9 Å². The van der Waals surface area contributed by atoms with Gasteiger partial charge < -0.3 is 19.9 Å². The lowest BCUT2D eigenvalue weighted by atomic mass is 10.3. The number of para-hydroxylation sites is 1. The predicted molar refractivity (Wildman–Crippen MR) is 113 cm³/mol. The first-order valence-corrected chi connectivity index (χ1v) is 9.69. The molecule has 144 valence electrons. The van der Waals surface area contributed by atoms with E-state index in [0.717, 1.165) is 61.5 Å². The maximum Gasteiger partial charge on any atom is 0.135 e. The van der Waals surface area contributed by atoms with Crippen LogP contribution in [0, 0.1) is 0 Å². The van der Waals surface area contributed by atoms with Crippen LogP contribution in [0.15, 0.2) is 67.0 Å². The van der Waals surface area contributed by atoms with Gasteiger partial charge in [-0.25, -0.2) is 9.97 Å². The Kier molecular flexibility index (Phi) is 5.68. The minimum atomic E-state index is 0.791. The van der Waals surface area contributed by atoms with Gasteiger partial charge in [-0.3, -0.25) is 0 Å². The maximum absolute atomic E-state index is 5.84. The number of piperazine rings is 1. The van der Waals surface area contributed by atoms with Gasteiger partial charge in [-0.1, -0.05) is 25.1 Å². The van der Waals surface area contributed by atoms with Crippen LogP contribution in [0.2, 0.25) is 0 Å². The van der Waals surface area contributed by atoms with Crippen LogP contribution < -0.4 is 15.0 Å². The molecule has 0 saturated carbocycles. The fourth-order valence-corrected chi connectivity index (χ4v) is 3.26. The van der Waals surface area contributed by atoms with Crippen molar-refractivity contribution in [3.05, 3.63) is 67.0 Å². The van der Waals surface area contributed by atoms with E-state index in [0.29, 0.717) is 0 Å². The summed E-state index contributed by atoms with van der Waals surface area (Å²) in [6.07, 6.45) is 1.62. The largest absolute Gasteiger partial charge is 0.457 e. The van der Waals surface area contributed by atoms with Gasteiger partial charge in [0.1, 0.15) is 29.5 Å². The predicted octanol–water partition coefficient (Wildman–Crippen LogP) is 4.15. The molecule has 6 nitrogen and oxygen atoms in total. The van der Waals surface area contributed by atoms with Crippen LogP contribution in [-0.4, -0.2) is 47.6 Å². The van der Waals surface area contributed by atoms with Gasteiger partial charge >= 0.3 is 0 Å². The van der Waals surface area contributed by atoms with Crippen LogP contribution in [0.1, 0.15) is 6.92 Å². The SMILES string of the molecule is CCN1CCN(c2cc(Nc3ccc(Oc4ccccc4)cc3)ncn2)CC1. The van der Waals surface area contributed by atoms with Gasteiger partial charge in [0.05, 0.1) is 0 Å². The van der Waals surface area contributed by atoms with Gasteiger partial charge in [0.25, 0.3) is 0 Å². The average molecular weight is 375 g/mol. The first-order chi connectivity index (χ1) is 13.8. The van der Waals surface area contributed by atoms with Crippen molar-refractivity contribution in [2.24, 2.45) is 0 Å². The second kappa shape index (κ2) is 8.71. The fraction of sp³-hybridized carbons (Fsp3) is 0.273. The Morgan fingerprint density at radius 1 is 0.893 bits per heavy atom. The summed E-state index contributed by atoms with van der Waals surface area (Å²) >= 11 is 0. The number of nitrogens with one attached hydrogen (secondary N) is 1. The van der Waals surface area contributed by atoms with Gasteiger partial charge in [-0.15, -0.1) is 0 Å². The molecule has 1 saturated heterocycles. The number of benzene rings is 2. The standard InChI is InChI=1S/C22H25N5O/c1-2-26-12-14-27(15-13-26)22-16-21(23-17-24-22)25-18-8-10-20(11-9-18)28-19-6-4-3-5-7-19/h3-11,16-17H,2,12-15H2,1H3,(H,23,24,25). The monoisotopic (exact) mass is 375 g/mol. The Morgan fingerprint density at radius 3 is 2.32 bits per heavy atom. The van der Waals surface area contributed by atoms with Crippen LogP contribution >= 0.6 is 0 Å². The lowest BCUT2D eigenvalue weighted by Gasteiger charge is -2.34. The second-order valence-electron chi connectivity index (χ2n) is 6.75. The van der Waals surface area contributed by atoms with E-state index in [-0.39, 0.29) is 0 Å². The third-order valence-electron chi connectivity index (χ3n) is 4.90. The molecule has 0 atom stereocenters. The summed E-state index contributed by atoms with van der Waals surface area (Å²) in [4.78, 5) is 13.6. The lowest BCUT2D eigenvalue weighted by molar-refractivity contribution is 0.270. The van der Waals surface area contributed by atoms with Crippen molar-refractivity contribution in [2.45, 2.75) is 6.92 Å². The van der Waals surface area contributed by atoms with E-state index in [2.05, 4.69) is 32.0 Å². The summed E-state index contributed by atoms with van der Waals surface area (Å²) in [5, 5.41) is 3.35. The molecule has 1 N–H and O–H groups in total. The zero-order valence-electron chi connectivity index (χ0n) is 16.1. The molecule has 0 spiro atoms. The maximum atomic E-state index is 5.84. The molecule has 2 aromatic carbocycles. The zero-order chi connectivity index (χ0) is 19.2. The second-order valence-corrected chi connectivity index (χ2v) is 6.75. The lowest BCUT2D eigenvalue weighted by Crippen LogP contribution is -2.46. The quantitative estimate of drug-likeness (QED) is 0.698. The Morgan fingerprint density at radius 2 is 1.61 bits per heavy atom. The van der Waals surface area contributed by atoms with Crippen molar-refractivity contribution < 1.29 is 4.74 Å². The number of ether oxygens (including phenoxy) is 1. The molecule has 6 heteroatoms. The topological polar surface area (TPSA) is 53.5 Å². The summed E-state index contributed by atoms with van der Waals surface area (Å²) in [7, 11) is 0. The van der Waals surface area contributed by atoms with Gasteiger partial charge in [-0.05, 0) is 42.9 Å². The summed E-state index contributed by atoms with van der Waals surface area (Å²) in [5.74, 6) is 3.39. The molecule has 1 aliphatic rings. The van der Waals surface area contributed by atoms with E-state index in [1.54, 1.807) is 6.33 Å². The molecule has 2 heterocycles. The minimum absolute atomic E-state index is 0.791. The van der Waals surface area contributed by atoms with Crippen LogP contribution in [0.4, 0.5) is 17.3 Å². The number of aromatic nitrogens is 2. The van der Waals surface area contributed by atoms with E-state index in [1.807, 2.05) is 60.7 Å².